The number of aldehydes is 1. The second-order valence-electron chi connectivity index (χ2n) is 9.53. The van der Waals surface area contributed by atoms with E-state index >= 15 is 0 Å². The third-order valence-corrected chi connectivity index (χ3v) is 5.43. The zero-order valence-corrected chi connectivity index (χ0v) is 18.9. The topological polar surface area (TPSA) is 108 Å². The molecule has 3 amide bonds. The summed E-state index contributed by atoms with van der Waals surface area (Å²) in [6.45, 7) is 12.6. The van der Waals surface area contributed by atoms with Gasteiger partial charge in [-0.15, -0.1) is 0 Å². The average Bonchev–Trinajstić information content (AvgIpc) is 2.62. The number of carbonyl (C=O) groups is 4. The van der Waals surface area contributed by atoms with E-state index < -0.39 is 35.4 Å². The van der Waals surface area contributed by atoms with Crippen molar-refractivity contribution in [2.75, 3.05) is 20.1 Å². The van der Waals surface area contributed by atoms with E-state index in [0.29, 0.717) is 6.29 Å². The van der Waals surface area contributed by atoms with Crippen LogP contribution < -0.4 is 16.0 Å². The van der Waals surface area contributed by atoms with Crippen LogP contribution in [-0.2, 0) is 19.2 Å². The first-order chi connectivity index (χ1) is 13.4. The van der Waals surface area contributed by atoms with Gasteiger partial charge in [0.05, 0.1) is 6.04 Å². The van der Waals surface area contributed by atoms with Gasteiger partial charge in [0, 0.05) is 5.92 Å². The molecule has 1 rings (SSSR count). The Morgan fingerprint density at radius 3 is 1.97 bits per heavy atom. The van der Waals surface area contributed by atoms with Gasteiger partial charge in [-0.2, -0.15) is 0 Å². The van der Waals surface area contributed by atoms with Crippen LogP contribution >= 0.6 is 0 Å². The highest BCUT2D eigenvalue weighted by atomic mass is 16.2. The lowest BCUT2D eigenvalue weighted by Crippen LogP contribution is -2.59. The van der Waals surface area contributed by atoms with Crippen molar-refractivity contribution in [2.45, 2.75) is 72.5 Å². The Labute approximate surface area is 174 Å². The van der Waals surface area contributed by atoms with E-state index in [9.17, 15) is 19.2 Å². The number of hydrogen-bond donors (Lipinski definition) is 3. The summed E-state index contributed by atoms with van der Waals surface area (Å²) in [7, 11) is 2.03. The van der Waals surface area contributed by atoms with Crippen molar-refractivity contribution in [2.24, 2.45) is 17.3 Å². The van der Waals surface area contributed by atoms with Gasteiger partial charge in [-0.3, -0.25) is 14.4 Å². The van der Waals surface area contributed by atoms with Crippen molar-refractivity contribution >= 4 is 24.0 Å². The SMILES string of the molecule is CC(NC(=O)C(NC(=O)C1CCN(C)CC1)C(C)(C)C)C(=O)NC(C=O)C(C)C. The molecule has 29 heavy (non-hydrogen) atoms. The van der Waals surface area contributed by atoms with Crippen molar-refractivity contribution in [3.63, 3.8) is 0 Å². The minimum atomic E-state index is -0.825. The quantitative estimate of drug-likeness (QED) is 0.511. The standard InChI is InChI=1S/C21H38N4O4/c1-13(2)16(12-26)23-18(27)14(3)22-20(29)17(21(4,5)6)24-19(28)15-8-10-25(7)11-9-15/h12-17H,8-11H2,1-7H3,(H,22,29)(H,23,27)(H,24,28). The maximum atomic E-state index is 12.9. The van der Waals surface area contributed by atoms with Crippen LogP contribution in [0.15, 0.2) is 0 Å². The molecule has 3 unspecified atom stereocenters. The van der Waals surface area contributed by atoms with E-state index in [-0.39, 0.29) is 17.7 Å². The molecule has 0 bridgehead atoms. The number of nitrogens with one attached hydrogen (secondary N) is 3. The Morgan fingerprint density at radius 1 is 0.966 bits per heavy atom. The summed E-state index contributed by atoms with van der Waals surface area (Å²) in [4.78, 5) is 51.2. The second-order valence-corrected chi connectivity index (χ2v) is 9.53. The summed E-state index contributed by atoms with van der Waals surface area (Å²) in [5, 5.41) is 8.21. The molecule has 3 N–H and O–H groups in total. The fourth-order valence-electron chi connectivity index (χ4n) is 3.22. The fraction of sp³-hybridized carbons (Fsp3) is 0.810. The van der Waals surface area contributed by atoms with Crippen LogP contribution in [0.1, 0.15) is 54.4 Å². The molecule has 0 spiro atoms. The lowest BCUT2D eigenvalue weighted by Gasteiger charge is -2.34. The summed E-state index contributed by atoms with van der Waals surface area (Å²) in [6, 6.07) is -2.20. The van der Waals surface area contributed by atoms with Gasteiger partial charge in [0.2, 0.25) is 17.7 Å². The highest BCUT2D eigenvalue weighted by Gasteiger charge is 2.36. The van der Waals surface area contributed by atoms with Gasteiger partial charge < -0.3 is 25.6 Å². The number of hydrogen-bond acceptors (Lipinski definition) is 5. The number of nitrogens with zero attached hydrogens (tertiary/aromatic N) is 1. The number of amides is 3. The molecule has 0 aromatic carbocycles. The van der Waals surface area contributed by atoms with Crippen molar-refractivity contribution < 1.29 is 19.2 Å². The first-order valence-electron chi connectivity index (χ1n) is 10.4. The summed E-state index contributed by atoms with van der Waals surface area (Å²) in [5.74, 6) is -1.11. The monoisotopic (exact) mass is 410 g/mol. The first kappa shape index (κ1) is 25.1. The molecule has 166 valence electrons. The average molecular weight is 411 g/mol. The van der Waals surface area contributed by atoms with Gasteiger partial charge in [-0.25, -0.2) is 0 Å². The molecule has 0 aromatic rings. The minimum Gasteiger partial charge on any atom is -0.345 e. The van der Waals surface area contributed by atoms with Crippen LogP contribution in [0.2, 0.25) is 0 Å². The molecule has 1 aliphatic rings. The predicted molar refractivity (Wildman–Crippen MR) is 112 cm³/mol. The molecule has 0 aliphatic carbocycles. The molecule has 0 radical (unpaired) electrons. The van der Waals surface area contributed by atoms with Crippen LogP contribution in [0.3, 0.4) is 0 Å². The molecule has 1 heterocycles. The Kier molecular flexibility index (Phi) is 9.26. The van der Waals surface area contributed by atoms with E-state index in [4.69, 9.17) is 0 Å². The fourth-order valence-corrected chi connectivity index (χ4v) is 3.22. The van der Waals surface area contributed by atoms with Gasteiger partial charge in [-0.05, 0) is 51.2 Å². The molecule has 3 atom stereocenters. The van der Waals surface area contributed by atoms with Gasteiger partial charge in [0.1, 0.15) is 18.4 Å². The van der Waals surface area contributed by atoms with E-state index in [1.807, 2.05) is 41.7 Å². The minimum absolute atomic E-state index is 0.0458. The van der Waals surface area contributed by atoms with Crippen LogP contribution in [0.4, 0.5) is 0 Å². The van der Waals surface area contributed by atoms with Gasteiger partial charge in [-0.1, -0.05) is 34.6 Å². The third kappa shape index (κ3) is 7.76. The maximum Gasteiger partial charge on any atom is 0.243 e. The van der Waals surface area contributed by atoms with Crippen LogP contribution in [0, 0.1) is 17.3 Å². The van der Waals surface area contributed by atoms with Gasteiger partial charge >= 0.3 is 0 Å². The largest absolute Gasteiger partial charge is 0.345 e. The molecular weight excluding hydrogens is 372 g/mol. The van der Waals surface area contributed by atoms with Crippen molar-refractivity contribution in [1.82, 2.24) is 20.9 Å². The zero-order valence-electron chi connectivity index (χ0n) is 18.9. The predicted octanol–water partition coefficient (Wildman–Crippen LogP) is 0.704. The smallest absolute Gasteiger partial charge is 0.243 e. The number of carbonyl (C=O) groups excluding carboxylic acids is 4. The van der Waals surface area contributed by atoms with E-state index in [1.165, 1.54) is 0 Å². The van der Waals surface area contributed by atoms with E-state index in [2.05, 4.69) is 20.9 Å². The Morgan fingerprint density at radius 2 is 1.52 bits per heavy atom. The van der Waals surface area contributed by atoms with Crippen LogP contribution in [-0.4, -0.2) is 67.2 Å². The molecule has 0 aromatic heterocycles. The summed E-state index contributed by atoms with van der Waals surface area (Å²) in [6.07, 6.45) is 2.22. The molecular formula is C21H38N4O4. The molecule has 1 fully saturated rings. The van der Waals surface area contributed by atoms with Crippen molar-refractivity contribution in [3.05, 3.63) is 0 Å². The Bertz CT molecular complexity index is 592. The van der Waals surface area contributed by atoms with Crippen molar-refractivity contribution in [3.8, 4) is 0 Å². The summed E-state index contributed by atoms with van der Waals surface area (Å²) < 4.78 is 0. The first-order valence-corrected chi connectivity index (χ1v) is 10.4. The molecule has 8 heteroatoms. The van der Waals surface area contributed by atoms with Gasteiger partial charge in [0.25, 0.3) is 0 Å². The second kappa shape index (κ2) is 10.7. The Hall–Kier alpha value is -1.96. The van der Waals surface area contributed by atoms with Crippen LogP contribution in [0.25, 0.3) is 0 Å². The van der Waals surface area contributed by atoms with E-state index in [0.717, 1.165) is 25.9 Å². The highest BCUT2D eigenvalue weighted by Crippen LogP contribution is 2.22. The third-order valence-electron chi connectivity index (χ3n) is 5.43. The Balaban J connectivity index is 2.75. The molecule has 8 nitrogen and oxygen atoms in total. The lowest BCUT2D eigenvalue weighted by atomic mass is 9.85. The summed E-state index contributed by atoms with van der Waals surface area (Å²) in [5.41, 5.74) is -0.523. The maximum absolute atomic E-state index is 12.9. The normalized spacial score (nSPS) is 19.2. The van der Waals surface area contributed by atoms with E-state index in [1.54, 1.807) is 6.92 Å². The molecule has 1 aliphatic heterocycles. The highest BCUT2D eigenvalue weighted by molar-refractivity contribution is 5.93. The molecule has 0 saturated carbocycles. The summed E-state index contributed by atoms with van der Waals surface area (Å²) >= 11 is 0. The number of piperidine rings is 1. The van der Waals surface area contributed by atoms with Crippen LogP contribution in [0.5, 0.6) is 0 Å². The van der Waals surface area contributed by atoms with Gasteiger partial charge in [0.15, 0.2) is 0 Å². The van der Waals surface area contributed by atoms with Crippen molar-refractivity contribution in [1.29, 1.82) is 0 Å². The zero-order chi connectivity index (χ0) is 22.4. The molecule has 1 saturated heterocycles. The number of likely N-dealkylation sites (tertiary alicyclic amines) is 1. The lowest BCUT2D eigenvalue weighted by molar-refractivity contribution is -0.136. The number of rotatable bonds is 8.